The average Bonchev–Trinajstić information content (AvgIpc) is 2.71. The molecule has 0 aliphatic heterocycles. The summed E-state index contributed by atoms with van der Waals surface area (Å²) < 4.78 is 28.3. The van der Waals surface area contributed by atoms with Gasteiger partial charge in [0.15, 0.2) is 0 Å². The van der Waals surface area contributed by atoms with Gasteiger partial charge in [-0.3, -0.25) is 4.98 Å². The quantitative estimate of drug-likeness (QED) is 0.669. The van der Waals surface area contributed by atoms with Gasteiger partial charge in [-0.1, -0.05) is 30.3 Å². The van der Waals surface area contributed by atoms with Crippen molar-refractivity contribution in [1.29, 1.82) is 0 Å². The van der Waals surface area contributed by atoms with Crippen LogP contribution in [0.1, 0.15) is 24.5 Å². The first-order chi connectivity index (χ1) is 13.6. The zero-order valence-electron chi connectivity index (χ0n) is 15.2. The van der Waals surface area contributed by atoms with Crippen molar-refractivity contribution < 1.29 is 8.78 Å². The molecule has 28 heavy (non-hydrogen) atoms. The van der Waals surface area contributed by atoms with Crippen LogP contribution < -0.4 is 11.1 Å². The monoisotopic (exact) mass is 381 g/mol. The van der Waals surface area contributed by atoms with Gasteiger partial charge in [0, 0.05) is 36.3 Å². The summed E-state index contributed by atoms with van der Waals surface area (Å²) in [4.78, 5) is 12.8. The molecular weight excluding hydrogens is 360 g/mol. The van der Waals surface area contributed by atoms with E-state index >= 15 is 0 Å². The van der Waals surface area contributed by atoms with E-state index in [4.69, 9.17) is 5.73 Å². The summed E-state index contributed by atoms with van der Waals surface area (Å²) in [5, 5.41) is 3.08. The van der Waals surface area contributed by atoms with Crippen molar-refractivity contribution in [3.63, 3.8) is 0 Å². The van der Waals surface area contributed by atoms with Crippen LogP contribution in [0.15, 0.2) is 54.9 Å². The maximum Gasteiger partial charge on any atom is 0.224 e. The Kier molecular flexibility index (Phi) is 5.14. The third kappa shape index (κ3) is 3.65. The van der Waals surface area contributed by atoms with Crippen LogP contribution in [-0.2, 0) is 0 Å². The summed E-state index contributed by atoms with van der Waals surface area (Å²) in [5.74, 6) is -0.417. The summed E-state index contributed by atoms with van der Waals surface area (Å²) in [6.07, 6.45) is 3.45. The predicted octanol–water partition coefficient (Wildman–Crippen LogP) is 4.20. The van der Waals surface area contributed by atoms with Gasteiger partial charge in [0.05, 0.1) is 5.69 Å². The van der Waals surface area contributed by atoms with Gasteiger partial charge in [-0.25, -0.2) is 13.8 Å². The second-order valence-electron chi connectivity index (χ2n) is 6.97. The van der Waals surface area contributed by atoms with Crippen LogP contribution in [0.5, 0.6) is 0 Å². The molecule has 0 spiro atoms. The number of anilines is 2. The first kappa shape index (κ1) is 18.3. The number of nitrogens with one attached hydrogen (secondary N) is 1. The van der Waals surface area contributed by atoms with E-state index in [1.165, 1.54) is 18.3 Å². The molecule has 3 N–H and O–H groups in total. The molecule has 1 aliphatic carbocycles. The Morgan fingerprint density at radius 2 is 1.93 bits per heavy atom. The Balaban J connectivity index is 1.53. The van der Waals surface area contributed by atoms with E-state index < -0.39 is 17.9 Å². The molecule has 1 unspecified atom stereocenters. The van der Waals surface area contributed by atoms with Crippen LogP contribution in [0.3, 0.4) is 0 Å². The highest BCUT2D eigenvalue weighted by atomic mass is 19.1. The van der Waals surface area contributed by atoms with Gasteiger partial charge in [-0.15, -0.1) is 0 Å². The van der Waals surface area contributed by atoms with Crippen molar-refractivity contribution >= 4 is 11.8 Å². The SMILES string of the molecule is Nc1nc(NC[C@H](c2ncccc2F)C2CC[C@@H]2F)ncc1-c1ccccc1. The highest BCUT2D eigenvalue weighted by Crippen LogP contribution is 2.41. The number of nitrogen functional groups attached to an aromatic ring is 1. The molecule has 1 saturated carbocycles. The smallest absolute Gasteiger partial charge is 0.224 e. The van der Waals surface area contributed by atoms with Crippen LogP contribution in [0.4, 0.5) is 20.5 Å². The molecule has 0 bridgehead atoms. The predicted molar refractivity (Wildman–Crippen MR) is 105 cm³/mol. The second-order valence-corrected chi connectivity index (χ2v) is 6.97. The molecule has 0 saturated heterocycles. The fraction of sp³-hybridized carbons (Fsp3) is 0.286. The molecule has 5 nitrogen and oxygen atoms in total. The van der Waals surface area contributed by atoms with E-state index in [0.29, 0.717) is 24.6 Å². The van der Waals surface area contributed by atoms with E-state index in [9.17, 15) is 8.78 Å². The number of nitrogens with zero attached hydrogens (tertiary/aromatic N) is 3. The minimum Gasteiger partial charge on any atom is -0.383 e. The molecule has 3 atom stereocenters. The van der Waals surface area contributed by atoms with Crippen molar-refractivity contribution in [3.05, 3.63) is 66.4 Å². The number of benzene rings is 1. The molecule has 2 aromatic heterocycles. The lowest BCUT2D eigenvalue weighted by Gasteiger charge is -2.37. The normalized spacial score (nSPS) is 19.6. The van der Waals surface area contributed by atoms with Crippen LogP contribution in [-0.4, -0.2) is 27.7 Å². The number of hydrogen-bond acceptors (Lipinski definition) is 5. The van der Waals surface area contributed by atoms with Gasteiger partial charge in [0.1, 0.15) is 17.8 Å². The van der Waals surface area contributed by atoms with Gasteiger partial charge < -0.3 is 11.1 Å². The average molecular weight is 381 g/mol. The van der Waals surface area contributed by atoms with Crippen molar-refractivity contribution in [1.82, 2.24) is 15.0 Å². The Hall–Kier alpha value is -3.09. The summed E-state index contributed by atoms with van der Waals surface area (Å²) in [6, 6.07) is 12.5. The molecule has 0 radical (unpaired) electrons. The minimum atomic E-state index is -0.945. The van der Waals surface area contributed by atoms with Crippen LogP contribution >= 0.6 is 0 Å². The zero-order chi connectivity index (χ0) is 19.5. The fourth-order valence-corrected chi connectivity index (χ4v) is 3.58. The Labute approximate surface area is 162 Å². The molecule has 0 amide bonds. The third-order valence-corrected chi connectivity index (χ3v) is 5.28. The first-order valence-corrected chi connectivity index (χ1v) is 9.30. The molecule has 1 aliphatic rings. The molecule has 4 rings (SSSR count). The Morgan fingerprint density at radius 1 is 1.11 bits per heavy atom. The van der Waals surface area contributed by atoms with E-state index in [0.717, 1.165) is 11.1 Å². The molecule has 144 valence electrons. The number of aromatic nitrogens is 3. The summed E-state index contributed by atoms with van der Waals surface area (Å²) >= 11 is 0. The van der Waals surface area contributed by atoms with Crippen molar-refractivity contribution in [2.75, 3.05) is 17.6 Å². The van der Waals surface area contributed by atoms with Gasteiger partial charge in [-0.2, -0.15) is 4.98 Å². The van der Waals surface area contributed by atoms with Crippen LogP contribution in [0.25, 0.3) is 11.1 Å². The second kappa shape index (κ2) is 7.88. The summed E-state index contributed by atoms with van der Waals surface area (Å²) in [7, 11) is 0. The molecule has 2 heterocycles. The van der Waals surface area contributed by atoms with E-state index in [1.54, 1.807) is 6.20 Å². The van der Waals surface area contributed by atoms with Crippen molar-refractivity contribution in [3.8, 4) is 11.1 Å². The van der Waals surface area contributed by atoms with E-state index in [2.05, 4.69) is 20.3 Å². The number of rotatable bonds is 6. The topological polar surface area (TPSA) is 76.7 Å². The highest BCUT2D eigenvalue weighted by molar-refractivity contribution is 5.73. The number of hydrogen-bond donors (Lipinski definition) is 2. The zero-order valence-corrected chi connectivity index (χ0v) is 15.2. The number of pyridine rings is 1. The van der Waals surface area contributed by atoms with Gasteiger partial charge in [0.2, 0.25) is 5.95 Å². The maximum atomic E-state index is 14.3. The lowest BCUT2D eigenvalue weighted by molar-refractivity contribution is 0.0894. The maximum absolute atomic E-state index is 14.3. The van der Waals surface area contributed by atoms with Crippen LogP contribution in [0.2, 0.25) is 0 Å². The molecule has 1 aromatic carbocycles. The number of alkyl halides is 1. The number of halogens is 2. The van der Waals surface area contributed by atoms with Gasteiger partial charge >= 0.3 is 0 Å². The van der Waals surface area contributed by atoms with E-state index in [1.807, 2.05) is 30.3 Å². The van der Waals surface area contributed by atoms with E-state index in [-0.39, 0.29) is 18.2 Å². The highest BCUT2D eigenvalue weighted by Gasteiger charge is 2.39. The number of nitrogens with two attached hydrogens (primary N) is 1. The summed E-state index contributed by atoms with van der Waals surface area (Å²) in [5.41, 5.74) is 8.03. The molecular formula is C21H21F2N5. The first-order valence-electron chi connectivity index (χ1n) is 9.30. The molecule has 1 fully saturated rings. The summed E-state index contributed by atoms with van der Waals surface area (Å²) in [6.45, 7) is 0.281. The minimum absolute atomic E-state index is 0.266. The van der Waals surface area contributed by atoms with Crippen molar-refractivity contribution in [2.45, 2.75) is 24.9 Å². The Morgan fingerprint density at radius 3 is 2.57 bits per heavy atom. The van der Waals surface area contributed by atoms with Crippen LogP contribution in [0, 0.1) is 11.7 Å². The lowest BCUT2D eigenvalue weighted by atomic mass is 9.72. The third-order valence-electron chi connectivity index (χ3n) is 5.28. The van der Waals surface area contributed by atoms with Crippen molar-refractivity contribution in [2.24, 2.45) is 5.92 Å². The fourth-order valence-electron chi connectivity index (χ4n) is 3.58. The standard InChI is InChI=1S/C21H21F2N5/c22-17-9-8-14(17)16(19-18(23)7-4-10-25-19)12-27-21-26-11-15(20(24)28-21)13-5-2-1-3-6-13/h1-7,10-11,14,16-17H,8-9,12H2,(H3,24,26,27,28)/t14?,16-,17-/m0/s1. The van der Waals surface area contributed by atoms with Gasteiger partial charge in [-0.05, 0) is 30.5 Å². The largest absolute Gasteiger partial charge is 0.383 e. The Bertz CT molecular complexity index is 951. The van der Waals surface area contributed by atoms with Gasteiger partial charge in [0.25, 0.3) is 0 Å². The lowest BCUT2D eigenvalue weighted by Crippen LogP contribution is -2.37. The molecule has 7 heteroatoms. The molecule has 3 aromatic rings.